The van der Waals surface area contributed by atoms with Crippen LogP contribution in [-0.4, -0.2) is 61.1 Å². The van der Waals surface area contributed by atoms with Gasteiger partial charge in [0.2, 0.25) is 5.91 Å². The summed E-state index contributed by atoms with van der Waals surface area (Å²) in [6, 6.07) is 0.638. The Morgan fingerprint density at radius 1 is 1.21 bits per heavy atom. The van der Waals surface area contributed by atoms with E-state index in [4.69, 9.17) is 11.2 Å². The molecule has 0 atom stereocenters. The Bertz CT molecular complexity index is 324. The number of carbonyl (C=O) groups excluding carboxylic acids is 1. The average Bonchev–Trinajstić information content (AvgIpc) is 2.48. The van der Waals surface area contributed by atoms with E-state index in [-0.39, 0.29) is 5.91 Å². The number of morpholine rings is 1. The first-order chi connectivity index (χ1) is 9.31. The number of likely N-dealkylation sites (tertiary alicyclic amines) is 1. The maximum atomic E-state index is 12.0. The normalized spacial score (nSPS) is 22.2. The highest BCUT2D eigenvalue weighted by molar-refractivity contribution is 5.76. The molecule has 2 aliphatic heterocycles. The van der Waals surface area contributed by atoms with Gasteiger partial charge in [-0.25, -0.2) is 0 Å². The van der Waals surface area contributed by atoms with Crippen molar-refractivity contribution in [3.63, 3.8) is 0 Å². The summed E-state index contributed by atoms with van der Waals surface area (Å²) in [5.74, 6) is 2.86. The van der Waals surface area contributed by atoms with Crippen molar-refractivity contribution in [3.8, 4) is 12.3 Å². The zero-order chi connectivity index (χ0) is 13.5. The number of rotatable bonds is 4. The molecule has 4 heteroatoms. The van der Waals surface area contributed by atoms with E-state index in [1.165, 1.54) is 0 Å². The van der Waals surface area contributed by atoms with Crippen LogP contribution in [0.4, 0.5) is 0 Å². The molecule has 0 radical (unpaired) electrons. The van der Waals surface area contributed by atoms with E-state index >= 15 is 0 Å². The SMILES string of the molecule is C#CCCCC(=O)N1CCC(N2CCOCC2)CC1. The molecular weight excluding hydrogens is 240 g/mol. The summed E-state index contributed by atoms with van der Waals surface area (Å²) in [4.78, 5) is 16.5. The van der Waals surface area contributed by atoms with Gasteiger partial charge in [0.1, 0.15) is 0 Å². The number of hydrogen-bond acceptors (Lipinski definition) is 3. The lowest BCUT2D eigenvalue weighted by Gasteiger charge is -2.40. The highest BCUT2D eigenvalue weighted by Gasteiger charge is 2.27. The van der Waals surface area contributed by atoms with Crippen molar-refractivity contribution in [1.29, 1.82) is 0 Å². The smallest absolute Gasteiger partial charge is 0.222 e. The third kappa shape index (κ3) is 4.22. The highest BCUT2D eigenvalue weighted by Crippen LogP contribution is 2.18. The van der Waals surface area contributed by atoms with Crippen LogP contribution in [0.3, 0.4) is 0 Å². The maximum absolute atomic E-state index is 12.0. The number of unbranched alkanes of at least 4 members (excludes halogenated alkanes) is 1. The Morgan fingerprint density at radius 2 is 1.89 bits per heavy atom. The minimum atomic E-state index is 0.274. The fraction of sp³-hybridized carbons (Fsp3) is 0.800. The van der Waals surface area contributed by atoms with Crippen LogP contribution >= 0.6 is 0 Å². The average molecular weight is 264 g/mol. The van der Waals surface area contributed by atoms with Crippen molar-refractivity contribution < 1.29 is 9.53 Å². The van der Waals surface area contributed by atoms with Crippen molar-refractivity contribution in [2.75, 3.05) is 39.4 Å². The van der Waals surface area contributed by atoms with Crippen LogP contribution in [0.15, 0.2) is 0 Å². The Hall–Kier alpha value is -1.05. The Balaban J connectivity index is 1.69. The number of terminal acetylenes is 1. The predicted molar refractivity (Wildman–Crippen MR) is 74.7 cm³/mol. The van der Waals surface area contributed by atoms with Gasteiger partial charge < -0.3 is 9.64 Å². The van der Waals surface area contributed by atoms with Gasteiger partial charge in [0.05, 0.1) is 13.2 Å². The lowest BCUT2D eigenvalue weighted by atomic mass is 10.0. The maximum Gasteiger partial charge on any atom is 0.222 e. The molecule has 19 heavy (non-hydrogen) atoms. The summed E-state index contributed by atoms with van der Waals surface area (Å²) in [7, 11) is 0. The van der Waals surface area contributed by atoms with Crippen LogP contribution in [0, 0.1) is 12.3 Å². The Kier molecular flexibility index (Phi) is 5.68. The second-order valence-corrected chi connectivity index (χ2v) is 5.32. The molecule has 2 heterocycles. The van der Waals surface area contributed by atoms with E-state index in [0.29, 0.717) is 18.9 Å². The van der Waals surface area contributed by atoms with E-state index < -0.39 is 0 Å². The molecule has 106 valence electrons. The van der Waals surface area contributed by atoms with Gasteiger partial charge >= 0.3 is 0 Å². The van der Waals surface area contributed by atoms with Gasteiger partial charge in [0, 0.05) is 45.1 Å². The van der Waals surface area contributed by atoms with E-state index in [0.717, 1.165) is 58.7 Å². The standard InChI is InChI=1S/C15H24N2O2/c1-2-3-4-5-15(18)17-8-6-14(7-9-17)16-10-12-19-13-11-16/h1,14H,3-13H2. The molecule has 0 saturated carbocycles. The first-order valence-corrected chi connectivity index (χ1v) is 7.34. The minimum absolute atomic E-state index is 0.274. The van der Waals surface area contributed by atoms with Gasteiger partial charge in [-0.3, -0.25) is 9.69 Å². The van der Waals surface area contributed by atoms with Crippen LogP contribution in [0.25, 0.3) is 0 Å². The molecule has 0 spiro atoms. The van der Waals surface area contributed by atoms with Gasteiger partial charge in [-0.2, -0.15) is 0 Å². The number of hydrogen-bond donors (Lipinski definition) is 0. The zero-order valence-corrected chi connectivity index (χ0v) is 11.6. The summed E-state index contributed by atoms with van der Waals surface area (Å²) in [6.07, 6.45) is 9.53. The number of nitrogens with zero attached hydrogens (tertiary/aromatic N) is 2. The van der Waals surface area contributed by atoms with Gasteiger partial charge in [-0.05, 0) is 19.3 Å². The number of piperidine rings is 1. The van der Waals surface area contributed by atoms with Crippen molar-refractivity contribution in [1.82, 2.24) is 9.80 Å². The molecule has 0 unspecified atom stereocenters. The molecule has 0 aromatic rings. The lowest BCUT2D eigenvalue weighted by molar-refractivity contribution is -0.133. The third-order valence-electron chi connectivity index (χ3n) is 4.09. The molecule has 4 nitrogen and oxygen atoms in total. The lowest BCUT2D eigenvalue weighted by Crippen LogP contribution is -2.50. The molecule has 0 aromatic carbocycles. The first kappa shape index (κ1) is 14.4. The summed E-state index contributed by atoms with van der Waals surface area (Å²) in [6.45, 7) is 5.59. The van der Waals surface area contributed by atoms with Gasteiger partial charge in [-0.1, -0.05) is 0 Å². The fourth-order valence-electron chi connectivity index (χ4n) is 2.92. The summed E-state index contributed by atoms with van der Waals surface area (Å²) >= 11 is 0. The third-order valence-corrected chi connectivity index (χ3v) is 4.09. The molecule has 0 aliphatic carbocycles. The van der Waals surface area contributed by atoms with E-state index in [1.54, 1.807) is 0 Å². The quantitative estimate of drug-likeness (QED) is 0.563. The second kappa shape index (κ2) is 7.52. The van der Waals surface area contributed by atoms with Gasteiger partial charge in [-0.15, -0.1) is 12.3 Å². The molecule has 2 aliphatic rings. The minimum Gasteiger partial charge on any atom is -0.379 e. The summed E-state index contributed by atoms with van der Waals surface area (Å²) in [5, 5.41) is 0. The van der Waals surface area contributed by atoms with E-state index in [2.05, 4.69) is 10.8 Å². The summed E-state index contributed by atoms with van der Waals surface area (Å²) < 4.78 is 5.38. The fourth-order valence-corrected chi connectivity index (χ4v) is 2.92. The predicted octanol–water partition coefficient (Wildman–Crippen LogP) is 1.11. The van der Waals surface area contributed by atoms with Crippen LogP contribution in [0.5, 0.6) is 0 Å². The number of ether oxygens (including phenoxy) is 1. The Morgan fingerprint density at radius 3 is 2.53 bits per heavy atom. The molecule has 0 bridgehead atoms. The molecule has 2 saturated heterocycles. The first-order valence-electron chi connectivity index (χ1n) is 7.34. The monoisotopic (exact) mass is 264 g/mol. The molecular formula is C15H24N2O2. The molecule has 0 aromatic heterocycles. The van der Waals surface area contributed by atoms with Gasteiger partial charge in [0.15, 0.2) is 0 Å². The van der Waals surface area contributed by atoms with Crippen LogP contribution < -0.4 is 0 Å². The number of carbonyl (C=O) groups is 1. The molecule has 0 N–H and O–H groups in total. The molecule has 1 amide bonds. The topological polar surface area (TPSA) is 32.8 Å². The van der Waals surface area contributed by atoms with E-state index in [9.17, 15) is 4.79 Å². The van der Waals surface area contributed by atoms with Crippen molar-refractivity contribution in [3.05, 3.63) is 0 Å². The van der Waals surface area contributed by atoms with Gasteiger partial charge in [0.25, 0.3) is 0 Å². The van der Waals surface area contributed by atoms with Crippen molar-refractivity contribution >= 4 is 5.91 Å². The van der Waals surface area contributed by atoms with E-state index in [1.807, 2.05) is 4.90 Å². The molecule has 2 fully saturated rings. The Labute approximate surface area is 116 Å². The van der Waals surface area contributed by atoms with Crippen LogP contribution in [-0.2, 0) is 9.53 Å². The number of amides is 1. The van der Waals surface area contributed by atoms with Crippen molar-refractivity contribution in [2.45, 2.75) is 38.1 Å². The highest BCUT2D eigenvalue weighted by atomic mass is 16.5. The molecule has 2 rings (SSSR count). The second-order valence-electron chi connectivity index (χ2n) is 5.32. The van der Waals surface area contributed by atoms with Crippen LogP contribution in [0.2, 0.25) is 0 Å². The zero-order valence-electron chi connectivity index (χ0n) is 11.6. The summed E-state index contributed by atoms with van der Waals surface area (Å²) in [5.41, 5.74) is 0. The van der Waals surface area contributed by atoms with Crippen LogP contribution in [0.1, 0.15) is 32.1 Å². The largest absolute Gasteiger partial charge is 0.379 e. The van der Waals surface area contributed by atoms with Crippen molar-refractivity contribution in [2.24, 2.45) is 0 Å².